The number of benzene rings is 1. The molecule has 0 spiro atoms. The molecule has 19 heavy (non-hydrogen) atoms. The Morgan fingerprint density at radius 2 is 1.84 bits per heavy atom. The van der Waals surface area contributed by atoms with Gasteiger partial charge >= 0.3 is 0 Å². The number of aromatic nitrogens is 4. The topological polar surface area (TPSA) is 46.5 Å². The number of rotatable bonds is 1. The third kappa shape index (κ3) is 1.75. The van der Waals surface area contributed by atoms with Crippen LogP contribution in [0.15, 0.2) is 12.1 Å². The normalized spacial score (nSPS) is 11.4. The molecule has 0 bridgehead atoms. The molecule has 98 valence electrons. The van der Waals surface area contributed by atoms with E-state index < -0.39 is 0 Å². The molecule has 0 saturated heterocycles. The van der Waals surface area contributed by atoms with E-state index in [1.54, 1.807) is 0 Å². The Kier molecular flexibility index (Phi) is 2.49. The van der Waals surface area contributed by atoms with Crippen molar-refractivity contribution in [1.82, 2.24) is 19.7 Å². The van der Waals surface area contributed by atoms with Crippen molar-refractivity contribution < 1.29 is 0 Å². The molecule has 2 heterocycles. The van der Waals surface area contributed by atoms with E-state index in [1.165, 1.54) is 11.1 Å². The molecule has 0 aliphatic carbocycles. The molecule has 4 nitrogen and oxygen atoms in total. The summed E-state index contributed by atoms with van der Waals surface area (Å²) in [6, 6.07) is 4.30. The van der Waals surface area contributed by atoms with Crippen LogP contribution in [-0.4, -0.2) is 19.7 Å². The molecule has 3 rings (SSSR count). The van der Waals surface area contributed by atoms with Crippen molar-refractivity contribution in [2.24, 2.45) is 7.05 Å². The van der Waals surface area contributed by atoms with Gasteiger partial charge in [-0.25, -0.2) is 4.98 Å². The van der Waals surface area contributed by atoms with Crippen LogP contribution in [0.5, 0.6) is 0 Å². The highest BCUT2D eigenvalue weighted by molar-refractivity contribution is 5.83. The molecule has 1 N–H and O–H groups in total. The van der Waals surface area contributed by atoms with Crippen molar-refractivity contribution in [3.8, 4) is 11.4 Å². The molecule has 1 aromatic carbocycles. The first-order valence-corrected chi connectivity index (χ1v) is 6.45. The summed E-state index contributed by atoms with van der Waals surface area (Å²) in [5.41, 5.74) is 7.84. The van der Waals surface area contributed by atoms with Crippen molar-refractivity contribution >= 4 is 11.0 Å². The maximum absolute atomic E-state index is 4.75. The van der Waals surface area contributed by atoms with Crippen molar-refractivity contribution in [3.63, 3.8) is 0 Å². The second-order valence-corrected chi connectivity index (χ2v) is 5.23. The number of H-pyrrole nitrogens is 1. The molecule has 0 unspecified atom stereocenters. The van der Waals surface area contributed by atoms with Crippen molar-refractivity contribution in [2.45, 2.75) is 27.7 Å². The minimum Gasteiger partial charge on any atom is -0.338 e. The molecule has 0 fully saturated rings. The van der Waals surface area contributed by atoms with Gasteiger partial charge in [0.2, 0.25) is 0 Å². The van der Waals surface area contributed by atoms with Crippen molar-refractivity contribution in [2.75, 3.05) is 0 Å². The third-order valence-corrected chi connectivity index (χ3v) is 3.67. The van der Waals surface area contributed by atoms with E-state index in [0.717, 1.165) is 33.8 Å². The monoisotopic (exact) mass is 254 g/mol. The zero-order valence-corrected chi connectivity index (χ0v) is 12.0. The Morgan fingerprint density at radius 3 is 2.47 bits per heavy atom. The van der Waals surface area contributed by atoms with E-state index in [1.807, 2.05) is 18.7 Å². The standard InChI is InChI=1S/C15H18N4/c1-8-6-9(2)14-12(7-8)16-15(17-14)13-10(3)18-19(5)11(13)4/h6-7H,1-5H3,(H,16,17). The zero-order valence-electron chi connectivity index (χ0n) is 12.0. The van der Waals surface area contributed by atoms with Crippen molar-refractivity contribution in [1.29, 1.82) is 0 Å². The van der Waals surface area contributed by atoms with Crippen LogP contribution in [0.2, 0.25) is 0 Å². The van der Waals surface area contributed by atoms with Gasteiger partial charge in [-0.1, -0.05) is 6.07 Å². The molecule has 0 saturated carbocycles. The summed E-state index contributed by atoms with van der Waals surface area (Å²) in [4.78, 5) is 8.17. The molecule has 2 aromatic heterocycles. The van der Waals surface area contributed by atoms with Crippen LogP contribution in [0.3, 0.4) is 0 Å². The van der Waals surface area contributed by atoms with E-state index in [2.05, 4.69) is 43.0 Å². The van der Waals surface area contributed by atoms with Crippen LogP contribution in [0.25, 0.3) is 22.4 Å². The number of nitrogens with one attached hydrogen (secondary N) is 1. The van der Waals surface area contributed by atoms with Crippen LogP contribution in [0, 0.1) is 27.7 Å². The summed E-state index contributed by atoms with van der Waals surface area (Å²) in [5.74, 6) is 0.909. The first-order chi connectivity index (χ1) is 8.97. The predicted molar refractivity (Wildman–Crippen MR) is 77.2 cm³/mol. The number of hydrogen-bond acceptors (Lipinski definition) is 2. The molecule has 4 heteroatoms. The number of aromatic amines is 1. The summed E-state index contributed by atoms with van der Waals surface area (Å²) in [6.07, 6.45) is 0. The van der Waals surface area contributed by atoms with Gasteiger partial charge in [0.1, 0.15) is 5.82 Å². The van der Waals surface area contributed by atoms with Crippen LogP contribution < -0.4 is 0 Å². The van der Waals surface area contributed by atoms with E-state index in [0.29, 0.717) is 0 Å². The van der Waals surface area contributed by atoms with Crippen LogP contribution in [-0.2, 0) is 7.05 Å². The second kappa shape index (κ2) is 3.95. The highest BCUT2D eigenvalue weighted by Gasteiger charge is 2.16. The van der Waals surface area contributed by atoms with E-state index in [-0.39, 0.29) is 0 Å². The van der Waals surface area contributed by atoms with Gasteiger partial charge in [0.15, 0.2) is 0 Å². The largest absolute Gasteiger partial charge is 0.338 e. The maximum Gasteiger partial charge on any atom is 0.142 e. The van der Waals surface area contributed by atoms with Gasteiger partial charge in [0, 0.05) is 12.7 Å². The van der Waals surface area contributed by atoms with Gasteiger partial charge in [0.25, 0.3) is 0 Å². The maximum atomic E-state index is 4.75. The summed E-state index contributed by atoms with van der Waals surface area (Å²) in [7, 11) is 1.96. The van der Waals surface area contributed by atoms with Gasteiger partial charge in [-0.15, -0.1) is 0 Å². The smallest absolute Gasteiger partial charge is 0.142 e. The number of nitrogens with zero attached hydrogens (tertiary/aromatic N) is 3. The summed E-state index contributed by atoms with van der Waals surface area (Å²) in [6.45, 7) is 8.30. The molecule has 3 aromatic rings. The Hall–Kier alpha value is -2.10. The molecule has 0 amide bonds. The van der Waals surface area contributed by atoms with E-state index in [9.17, 15) is 0 Å². The molecule has 0 atom stereocenters. The minimum atomic E-state index is 0.909. The SMILES string of the molecule is Cc1cc(C)c2nc(-c3c(C)nn(C)c3C)[nH]c2c1. The zero-order chi connectivity index (χ0) is 13.7. The second-order valence-electron chi connectivity index (χ2n) is 5.23. The Bertz CT molecular complexity index is 777. The predicted octanol–water partition coefficient (Wildman–Crippen LogP) is 3.20. The fourth-order valence-corrected chi connectivity index (χ4v) is 2.71. The third-order valence-electron chi connectivity index (χ3n) is 3.67. The highest BCUT2D eigenvalue weighted by Crippen LogP contribution is 2.27. The Balaban J connectivity index is 2.29. The minimum absolute atomic E-state index is 0.909. The summed E-state index contributed by atoms with van der Waals surface area (Å²) < 4.78 is 1.90. The van der Waals surface area contributed by atoms with Gasteiger partial charge in [-0.05, 0) is 44.9 Å². The van der Waals surface area contributed by atoms with E-state index >= 15 is 0 Å². The number of fused-ring (bicyclic) bond motifs is 1. The molecular formula is C15H18N4. The lowest BCUT2D eigenvalue weighted by atomic mass is 10.1. The number of imidazole rings is 1. The molecule has 0 aliphatic heterocycles. The lowest BCUT2D eigenvalue weighted by Crippen LogP contribution is -1.92. The highest BCUT2D eigenvalue weighted by atomic mass is 15.3. The molecule has 0 aliphatic rings. The fraction of sp³-hybridized carbons (Fsp3) is 0.333. The van der Waals surface area contributed by atoms with Crippen LogP contribution in [0.1, 0.15) is 22.5 Å². The van der Waals surface area contributed by atoms with Crippen molar-refractivity contribution in [3.05, 3.63) is 34.6 Å². The first kappa shape index (κ1) is 12.0. The lowest BCUT2D eigenvalue weighted by molar-refractivity contribution is 0.731. The van der Waals surface area contributed by atoms with E-state index in [4.69, 9.17) is 4.98 Å². The van der Waals surface area contributed by atoms with Gasteiger partial charge < -0.3 is 4.98 Å². The van der Waals surface area contributed by atoms with Crippen LogP contribution in [0.4, 0.5) is 0 Å². The summed E-state index contributed by atoms with van der Waals surface area (Å²) >= 11 is 0. The van der Waals surface area contributed by atoms with Gasteiger partial charge in [-0.2, -0.15) is 5.10 Å². The fourth-order valence-electron chi connectivity index (χ4n) is 2.71. The average Bonchev–Trinajstić information content (AvgIpc) is 2.81. The summed E-state index contributed by atoms with van der Waals surface area (Å²) in [5, 5.41) is 4.45. The quantitative estimate of drug-likeness (QED) is 0.725. The van der Waals surface area contributed by atoms with Crippen LogP contribution >= 0.6 is 0 Å². The molecule has 0 radical (unpaired) electrons. The average molecular weight is 254 g/mol. The van der Waals surface area contributed by atoms with Gasteiger partial charge in [-0.3, -0.25) is 4.68 Å². The number of hydrogen-bond donors (Lipinski definition) is 1. The Labute approximate surface area is 112 Å². The van der Waals surface area contributed by atoms with Gasteiger partial charge in [0.05, 0.1) is 22.3 Å². The lowest BCUT2D eigenvalue weighted by Gasteiger charge is -1.96. The molecular weight excluding hydrogens is 236 g/mol. The Morgan fingerprint density at radius 1 is 1.11 bits per heavy atom. The first-order valence-electron chi connectivity index (χ1n) is 6.45. The number of aryl methyl sites for hydroxylation is 4.